The lowest BCUT2D eigenvalue weighted by Gasteiger charge is -2.26. The lowest BCUT2D eigenvalue weighted by atomic mass is 10.1. The van der Waals surface area contributed by atoms with Crippen LogP contribution in [-0.4, -0.2) is 30.0 Å². The summed E-state index contributed by atoms with van der Waals surface area (Å²) in [6.45, 7) is 0.00468. The van der Waals surface area contributed by atoms with Gasteiger partial charge >= 0.3 is 0 Å². The summed E-state index contributed by atoms with van der Waals surface area (Å²) in [6, 6.07) is 14.8. The van der Waals surface area contributed by atoms with E-state index in [4.69, 9.17) is 4.74 Å². The van der Waals surface area contributed by atoms with Gasteiger partial charge in [-0.3, -0.25) is 9.59 Å². The van der Waals surface area contributed by atoms with Crippen molar-refractivity contribution >= 4 is 23.2 Å². The molecule has 0 aliphatic carbocycles. The molecule has 3 aromatic rings. The van der Waals surface area contributed by atoms with Crippen molar-refractivity contribution in [1.82, 2.24) is 4.57 Å². The number of aromatic nitrogens is 1. The highest BCUT2D eigenvalue weighted by atomic mass is 19.1. The van der Waals surface area contributed by atoms with Gasteiger partial charge in [0.25, 0.3) is 11.8 Å². The molecule has 2 heterocycles. The van der Waals surface area contributed by atoms with Crippen molar-refractivity contribution in [1.29, 1.82) is 0 Å². The van der Waals surface area contributed by atoms with Gasteiger partial charge in [0.1, 0.15) is 17.3 Å². The topological polar surface area (TPSA) is 63.6 Å². The number of fused-ring (bicyclic) bond motifs is 1. The molecule has 0 spiro atoms. The number of amides is 2. The molecule has 0 saturated carbocycles. The molecule has 0 atom stereocenters. The molecule has 6 nitrogen and oxygen atoms in total. The average molecular weight is 379 g/mol. The highest BCUT2D eigenvalue weighted by molar-refractivity contribution is 6.05. The van der Waals surface area contributed by atoms with Gasteiger partial charge in [0.05, 0.1) is 5.69 Å². The van der Waals surface area contributed by atoms with E-state index < -0.39 is 0 Å². The first kappa shape index (κ1) is 17.8. The van der Waals surface area contributed by atoms with Gasteiger partial charge in [-0.15, -0.1) is 0 Å². The number of rotatable bonds is 3. The van der Waals surface area contributed by atoms with E-state index in [-0.39, 0.29) is 24.2 Å². The number of hydrogen-bond donors (Lipinski definition) is 1. The third-order valence-corrected chi connectivity index (χ3v) is 4.80. The van der Waals surface area contributed by atoms with Crippen LogP contribution in [0.4, 0.5) is 15.8 Å². The summed E-state index contributed by atoms with van der Waals surface area (Å²) in [5.74, 6) is -0.155. The molecule has 142 valence electrons. The summed E-state index contributed by atoms with van der Waals surface area (Å²) < 4.78 is 20.3. The van der Waals surface area contributed by atoms with E-state index in [2.05, 4.69) is 5.32 Å². The second-order valence-electron chi connectivity index (χ2n) is 6.55. The number of halogens is 1. The molecule has 0 bridgehead atoms. The lowest BCUT2D eigenvalue weighted by molar-refractivity contribution is -0.120. The van der Waals surface area contributed by atoms with E-state index in [1.54, 1.807) is 55.1 Å². The van der Waals surface area contributed by atoms with E-state index in [1.807, 2.05) is 6.07 Å². The van der Waals surface area contributed by atoms with Gasteiger partial charge < -0.3 is 19.5 Å². The van der Waals surface area contributed by atoms with Crippen LogP contribution in [0.25, 0.3) is 11.3 Å². The summed E-state index contributed by atoms with van der Waals surface area (Å²) in [5.41, 5.74) is 3.23. The lowest BCUT2D eigenvalue weighted by Crippen LogP contribution is -2.35. The van der Waals surface area contributed by atoms with Crippen LogP contribution in [-0.2, 0) is 11.8 Å². The molecule has 0 fully saturated rings. The van der Waals surface area contributed by atoms with Crippen molar-refractivity contribution in [3.8, 4) is 17.0 Å². The maximum absolute atomic E-state index is 13.1. The van der Waals surface area contributed by atoms with Crippen molar-refractivity contribution in [2.75, 3.05) is 23.9 Å². The molecule has 0 unspecified atom stereocenters. The molecular formula is C21H18FN3O3. The zero-order chi connectivity index (χ0) is 19.8. The van der Waals surface area contributed by atoms with Crippen LogP contribution in [0, 0.1) is 5.82 Å². The van der Waals surface area contributed by atoms with Gasteiger partial charge in [0.2, 0.25) is 0 Å². The van der Waals surface area contributed by atoms with Crippen LogP contribution in [0.2, 0.25) is 0 Å². The monoisotopic (exact) mass is 379 g/mol. The van der Waals surface area contributed by atoms with Crippen LogP contribution in [0.15, 0.2) is 54.6 Å². The normalized spacial score (nSPS) is 13.1. The molecule has 4 rings (SSSR count). The number of anilines is 2. The Bertz CT molecular complexity index is 1070. The van der Waals surface area contributed by atoms with E-state index in [1.165, 1.54) is 17.0 Å². The van der Waals surface area contributed by atoms with Gasteiger partial charge in [-0.25, -0.2) is 4.39 Å². The molecule has 7 heteroatoms. The van der Waals surface area contributed by atoms with Crippen molar-refractivity contribution in [3.63, 3.8) is 0 Å². The Morgan fingerprint density at radius 1 is 1.07 bits per heavy atom. The fourth-order valence-electron chi connectivity index (χ4n) is 3.19. The van der Waals surface area contributed by atoms with E-state index >= 15 is 0 Å². The number of hydrogen-bond acceptors (Lipinski definition) is 3. The second kappa shape index (κ2) is 6.84. The highest BCUT2D eigenvalue weighted by Gasteiger charge is 2.23. The predicted molar refractivity (Wildman–Crippen MR) is 104 cm³/mol. The quantitative estimate of drug-likeness (QED) is 0.758. The maximum atomic E-state index is 13.1. The van der Waals surface area contributed by atoms with Crippen molar-refractivity contribution < 1.29 is 18.7 Å². The predicted octanol–water partition coefficient (Wildman–Crippen LogP) is 3.44. The minimum Gasteiger partial charge on any atom is -0.482 e. The van der Waals surface area contributed by atoms with Crippen LogP contribution in [0.1, 0.15) is 10.5 Å². The fourth-order valence-corrected chi connectivity index (χ4v) is 3.19. The number of nitrogens with zero attached hydrogens (tertiary/aromatic N) is 2. The zero-order valence-electron chi connectivity index (χ0n) is 15.4. The average Bonchev–Trinajstić information content (AvgIpc) is 3.07. The Morgan fingerprint density at radius 2 is 1.82 bits per heavy atom. The summed E-state index contributed by atoms with van der Waals surface area (Å²) in [5, 5.41) is 2.85. The Balaban J connectivity index is 1.58. The van der Waals surface area contributed by atoms with Crippen molar-refractivity contribution in [2.24, 2.45) is 7.05 Å². The van der Waals surface area contributed by atoms with Crippen molar-refractivity contribution in [3.05, 3.63) is 66.1 Å². The number of benzene rings is 2. The van der Waals surface area contributed by atoms with E-state index in [9.17, 15) is 14.0 Å². The molecule has 0 radical (unpaired) electrons. The minimum atomic E-state index is -0.309. The highest BCUT2D eigenvalue weighted by Crippen LogP contribution is 2.33. The van der Waals surface area contributed by atoms with Crippen LogP contribution < -0.4 is 15.0 Å². The van der Waals surface area contributed by atoms with Gasteiger partial charge in [0, 0.05) is 25.5 Å². The first-order chi connectivity index (χ1) is 13.4. The first-order valence-electron chi connectivity index (χ1n) is 8.70. The smallest absolute Gasteiger partial charge is 0.272 e. The zero-order valence-corrected chi connectivity index (χ0v) is 15.4. The molecular weight excluding hydrogens is 361 g/mol. The van der Waals surface area contributed by atoms with Gasteiger partial charge in [-0.1, -0.05) is 0 Å². The number of carbonyl (C=O) groups is 2. The van der Waals surface area contributed by atoms with Gasteiger partial charge in [-0.05, 0) is 60.2 Å². The standard InChI is InChI=1S/C21H18FN3O3/c1-24-16(13-3-5-14(22)6-4-13)8-9-17(24)21(27)23-15-7-10-19-18(11-15)25(2)20(26)12-28-19/h3-11H,12H2,1-2H3,(H,23,27). The molecule has 0 saturated heterocycles. The number of likely N-dealkylation sites (N-methyl/N-ethyl adjacent to an activating group) is 1. The minimum absolute atomic E-state index is 0.00468. The summed E-state index contributed by atoms with van der Waals surface area (Å²) in [7, 11) is 3.45. The summed E-state index contributed by atoms with van der Waals surface area (Å²) >= 11 is 0. The Hall–Kier alpha value is -3.61. The molecule has 1 aliphatic heterocycles. The molecule has 2 aromatic carbocycles. The maximum Gasteiger partial charge on any atom is 0.272 e. The largest absolute Gasteiger partial charge is 0.482 e. The number of ether oxygens (including phenoxy) is 1. The Labute approximate surface area is 161 Å². The molecule has 1 aliphatic rings. The summed E-state index contributed by atoms with van der Waals surface area (Å²) in [6.07, 6.45) is 0. The molecule has 2 amide bonds. The van der Waals surface area contributed by atoms with Crippen LogP contribution >= 0.6 is 0 Å². The van der Waals surface area contributed by atoms with E-state index in [0.29, 0.717) is 22.8 Å². The third kappa shape index (κ3) is 3.11. The SMILES string of the molecule is CN1C(=O)COc2ccc(NC(=O)c3ccc(-c4ccc(F)cc4)n3C)cc21. The third-order valence-electron chi connectivity index (χ3n) is 4.80. The molecule has 1 aromatic heterocycles. The Kier molecular flexibility index (Phi) is 4.35. The first-order valence-corrected chi connectivity index (χ1v) is 8.70. The number of carbonyl (C=O) groups excluding carboxylic acids is 2. The molecule has 28 heavy (non-hydrogen) atoms. The van der Waals surface area contributed by atoms with Crippen LogP contribution in [0.3, 0.4) is 0 Å². The second-order valence-corrected chi connectivity index (χ2v) is 6.55. The van der Waals surface area contributed by atoms with E-state index in [0.717, 1.165) is 11.3 Å². The fraction of sp³-hybridized carbons (Fsp3) is 0.143. The van der Waals surface area contributed by atoms with Gasteiger partial charge in [-0.2, -0.15) is 0 Å². The summed E-state index contributed by atoms with van der Waals surface area (Å²) in [4.78, 5) is 26.0. The van der Waals surface area contributed by atoms with Gasteiger partial charge in [0.15, 0.2) is 6.61 Å². The van der Waals surface area contributed by atoms with Crippen LogP contribution in [0.5, 0.6) is 5.75 Å². The van der Waals surface area contributed by atoms with Crippen molar-refractivity contribution in [2.45, 2.75) is 0 Å². The Morgan fingerprint density at radius 3 is 2.57 bits per heavy atom. The number of nitrogens with one attached hydrogen (secondary N) is 1. The molecule has 1 N–H and O–H groups in total.